The van der Waals surface area contributed by atoms with E-state index in [2.05, 4.69) is 44.0 Å². The topological polar surface area (TPSA) is 121 Å². The molecule has 34 heavy (non-hydrogen) atoms. The Bertz CT molecular complexity index is 1090. The Labute approximate surface area is 198 Å². The van der Waals surface area contributed by atoms with Crippen LogP contribution >= 0.6 is 0 Å². The van der Waals surface area contributed by atoms with Crippen LogP contribution in [0.3, 0.4) is 0 Å². The molecule has 178 valence electrons. The van der Waals surface area contributed by atoms with Crippen molar-refractivity contribution in [2.75, 3.05) is 62.4 Å². The van der Waals surface area contributed by atoms with Crippen LogP contribution in [0.2, 0.25) is 0 Å². The number of hydrogen-bond donors (Lipinski definition) is 3. The lowest BCUT2D eigenvalue weighted by Crippen LogP contribution is -2.52. The van der Waals surface area contributed by atoms with Crippen LogP contribution in [0.25, 0.3) is 0 Å². The van der Waals surface area contributed by atoms with Crippen LogP contribution in [-0.2, 0) is 4.74 Å². The van der Waals surface area contributed by atoms with Crippen molar-refractivity contribution in [3.8, 4) is 6.07 Å². The largest absolute Gasteiger partial charge is 0.453 e. The van der Waals surface area contributed by atoms with Crippen LogP contribution in [0.15, 0.2) is 40.1 Å². The number of hydrogen-bond acceptors (Lipinski definition) is 10. The molecule has 1 amide bonds. The lowest BCUT2D eigenvalue weighted by Gasteiger charge is -2.36. The van der Waals surface area contributed by atoms with Crippen LogP contribution in [0.5, 0.6) is 0 Å². The molecule has 1 saturated carbocycles. The monoisotopic (exact) mass is 463 g/mol. The number of benzene rings is 1. The molecule has 3 N–H and O–H groups in total. The SMILES string of the molecule is COC(=O)Nc1ccc(N2CCN(C)CC2)c(NC2=CC(=NC3CC3)C3=NCC(C#N)N3N2)c1. The zero-order valence-electron chi connectivity index (χ0n) is 19.4. The number of aliphatic imine (C=N–C) groups is 2. The molecule has 0 bridgehead atoms. The minimum atomic E-state index is -0.526. The molecule has 11 nitrogen and oxygen atoms in total. The number of ether oxygens (including phenoxy) is 1. The Hall–Kier alpha value is -3.78. The van der Waals surface area contributed by atoms with E-state index in [1.165, 1.54) is 7.11 Å². The smallest absolute Gasteiger partial charge is 0.411 e. The van der Waals surface area contributed by atoms with E-state index >= 15 is 0 Å². The zero-order valence-corrected chi connectivity index (χ0v) is 19.4. The molecular weight excluding hydrogens is 434 g/mol. The maximum atomic E-state index is 11.8. The zero-order chi connectivity index (χ0) is 23.7. The van der Waals surface area contributed by atoms with E-state index in [1.807, 2.05) is 24.3 Å². The molecule has 1 unspecified atom stereocenters. The second kappa shape index (κ2) is 9.23. The summed E-state index contributed by atoms with van der Waals surface area (Å²) in [6.45, 7) is 4.15. The summed E-state index contributed by atoms with van der Waals surface area (Å²) >= 11 is 0. The van der Waals surface area contributed by atoms with E-state index in [9.17, 15) is 10.1 Å². The predicted molar refractivity (Wildman–Crippen MR) is 131 cm³/mol. The highest BCUT2D eigenvalue weighted by molar-refractivity contribution is 6.46. The van der Waals surface area contributed by atoms with Crippen molar-refractivity contribution in [1.82, 2.24) is 15.3 Å². The Kier molecular flexibility index (Phi) is 5.98. The molecule has 11 heteroatoms. The minimum absolute atomic E-state index is 0.324. The third-order valence-electron chi connectivity index (χ3n) is 6.26. The number of amides is 1. The Balaban J connectivity index is 1.46. The number of fused-ring (bicyclic) bond motifs is 1. The number of carbonyl (C=O) groups is 1. The van der Waals surface area contributed by atoms with Gasteiger partial charge in [0.25, 0.3) is 0 Å². The van der Waals surface area contributed by atoms with Gasteiger partial charge in [0.05, 0.1) is 37.1 Å². The van der Waals surface area contributed by atoms with Crippen molar-refractivity contribution >= 4 is 34.7 Å². The first-order valence-electron chi connectivity index (χ1n) is 11.5. The molecule has 1 atom stereocenters. The lowest BCUT2D eigenvalue weighted by atomic mass is 10.1. The van der Waals surface area contributed by atoms with E-state index in [4.69, 9.17) is 9.73 Å². The maximum absolute atomic E-state index is 11.8. The average Bonchev–Trinajstić information content (AvgIpc) is 3.56. The highest BCUT2D eigenvalue weighted by atomic mass is 16.5. The first-order valence-corrected chi connectivity index (χ1v) is 11.5. The van der Waals surface area contributed by atoms with E-state index in [-0.39, 0.29) is 0 Å². The van der Waals surface area contributed by atoms with E-state index in [1.54, 1.807) is 5.01 Å². The summed E-state index contributed by atoms with van der Waals surface area (Å²) in [4.78, 5) is 25.8. The van der Waals surface area contributed by atoms with Gasteiger partial charge in [-0.2, -0.15) is 5.26 Å². The summed E-state index contributed by atoms with van der Waals surface area (Å²) in [5.74, 6) is 1.41. The molecule has 1 saturated heterocycles. The van der Waals surface area contributed by atoms with Crippen LogP contribution in [-0.4, -0.2) is 86.5 Å². The number of anilines is 3. The number of amidine groups is 1. The summed E-state index contributed by atoms with van der Waals surface area (Å²) in [7, 11) is 3.46. The van der Waals surface area contributed by atoms with Gasteiger partial charge in [0.1, 0.15) is 11.5 Å². The second-order valence-corrected chi connectivity index (χ2v) is 8.86. The fourth-order valence-electron chi connectivity index (χ4n) is 4.19. The summed E-state index contributed by atoms with van der Waals surface area (Å²) in [6, 6.07) is 8.00. The van der Waals surface area contributed by atoms with Crippen LogP contribution in [0.1, 0.15) is 12.8 Å². The molecule has 3 heterocycles. The van der Waals surface area contributed by atoms with Crippen molar-refractivity contribution in [1.29, 1.82) is 5.26 Å². The summed E-state index contributed by atoms with van der Waals surface area (Å²) in [6.07, 6.45) is 3.58. The van der Waals surface area contributed by atoms with Gasteiger partial charge in [0.15, 0.2) is 11.9 Å². The number of methoxy groups -OCH3 is 1. The van der Waals surface area contributed by atoms with Gasteiger partial charge in [-0.15, -0.1) is 0 Å². The number of likely N-dealkylation sites (N-methyl/N-ethyl adjacent to an activating group) is 1. The fraction of sp³-hybridized carbons (Fsp3) is 0.478. The molecule has 0 aromatic heterocycles. The Morgan fingerprint density at radius 3 is 2.79 bits per heavy atom. The number of hydrazine groups is 1. The van der Waals surface area contributed by atoms with E-state index in [0.29, 0.717) is 29.9 Å². The minimum Gasteiger partial charge on any atom is -0.453 e. The van der Waals surface area contributed by atoms with Gasteiger partial charge >= 0.3 is 6.09 Å². The van der Waals surface area contributed by atoms with Crippen molar-refractivity contribution in [2.24, 2.45) is 9.98 Å². The van der Waals surface area contributed by atoms with E-state index < -0.39 is 12.1 Å². The molecule has 3 aliphatic heterocycles. The number of nitrogens with zero attached hydrogens (tertiary/aromatic N) is 6. The van der Waals surface area contributed by atoms with Crippen molar-refractivity contribution in [2.45, 2.75) is 24.9 Å². The quantitative estimate of drug-likeness (QED) is 0.602. The van der Waals surface area contributed by atoms with Gasteiger partial charge in [0, 0.05) is 37.9 Å². The number of nitrogens with one attached hydrogen (secondary N) is 3. The van der Waals surface area contributed by atoms with Gasteiger partial charge in [-0.1, -0.05) is 0 Å². The van der Waals surface area contributed by atoms with Crippen molar-refractivity contribution in [3.63, 3.8) is 0 Å². The fourth-order valence-corrected chi connectivity index (χ4v) is 4.19. The number of nitriles is 1. The van der Waals surface area contributed by atoms with Gasteiger partial charge in [-0.05, 0) is 38.1 Å². The van der Waals surface area contributed by atoms with Gasteiger partial charge in [0.2, 0.25) is 0 Å². The van der Waals surface area contributed by atoms with Crippen molar-refractivity contribution < 1.29 is 9.53 Å². The highest BCUT2D eigenvalue weighted by Gasteiger charge is 2.35. The molecule has 4 aliphatic rings. The highest BCUT2D eigenvalue weighted by Crippen LogP contribution is 2.32. The van der Waals surface area contributed by atoms with Gasteiger partial charge < -0.3 is 19.9 Å². The van der Waals surface area contributed by atoms with Gasteiger partial charge in [-0.3, -0.25) is 20.7 Å². The Morgan fingerprint density at radius 1 is 1.29 bits per heavy atom. The van der Waals surface area contributed by atoms with Crippen LogP contribution < -0.4 is 21.0 Å². The summed E-state index contributed by atoms with van der Waals surface area (Å²) < 4.78 is 4.75. The molecule has 1 aromatic carbocycles. The maximum Gasteiger partial charge on any atom is 0.411 e. The van der Waals surface area contributed by atoms with Crippen molar-refractivity contribution in [3.05, 3.63) is 30.1 Å². The normalized spacial score (nSPS) is 23.4. The molecule has 1 aromatic rings. The standard InChI is InChI=1S/C23H29N9O2/c1-30-7-9-31(10-8-30)20-6-5-16(27-23(33)34-2)11-18(20)28-21-12-19(26-15-3-4-15)22-25-14-17(13-24)32(22)29-21/h5-6,11-12,15,17,28-29H,3-4,7-10,14H2,1-2H3,(H,27,33). The molecule has 0 spiro atoms. The molecule has 5 rings (SSSR count). The van der Waals surface area contributed by atoms with E-state index in [0.717, 1.165) is 56.1 Å². The molecule has 0 radical (unpaired) electrons. The average molecular weight is 464 g/mol. The van der Waals surface area contributed by atoms with Crippen LogP contribution in [0, 0.1) is 11.3 Å². The Morgan fingerprint density at radius 2 is 2.09 bits per heavy atom. The third kappa shape index (κ3) is 4.63. The first-order chi connectivity index (χ1) is 16.5. The van der Waals surface area contributed by atoms with Gasteiger partial charge in [-0.25, -0.2) is 9.80 Å². The summed E-state index contributed by atoms with van der Waals surface area (Å²) in [5, 5.41) is 17.6. The molecule has 2 fully saturated rings. The molecule has 1 aliphatic carbocycles. The first kappa shape index (κ1) is 22.0. The summed E-state index contributed by atoms with van der Waals surface area (Å²) in [5.41, 5.74) is 6.57. The number of rotatable bonds is 5. The predicted octanol–water partition coefficient (Wildman–Crippen LogP) is 1.60. The number of carbonyl (C=O) groups excluding carboxylic acids is 1. The second-order valence-electron chi connectivity index (χ2n) is 8.86. The number of piperazine rings is 1. The third-order valence-corrected chi connectivity index (χ3v) is 6.26. The molecular formula is C23H29N9O2. The lowest BCUT2D eigenvalue weighted by molar-refractivity contribution is 0.187. The van der Waals surface area contributed by atoms with Crippen LogP contribution in [0.4, 0.5) is 21.9 Å².